The Balaban J connectivity index is 1.99. The minimum Gasteiger partial charge on any atom is -0.384 e. The van der Waals surface area contributed by atoms with Gasteiger partial charge in [0.15, 0.2) is 0 Å². The topological polar surface area (TPSA) is 46.2 Å². The smallest absolute Gasteiger partial charge is 0.384 e. The SMILES string of the molecule is O=S(=O)(c1ccc(NCC2CSCCS2)cc1)C(F)(F)F. The van der Waals surface area contributed by atoms with Crippen LogP contribution >= 0.6 is 23.5 Å². The van der Waals surface area contributed by atoms with Crippen LogP contribution in [0, 0.1) is 0 Å². The zero-order chi connectivity index (χ0) is 15.5. The van der Waals surface area contributed by atoms with E-state index in [9.17, 15) is 21.6 Å². The van der Waals surface area contributed by atoms with Gasteiger partial charge in [0.2, 0.25) is 0 Å². The van der Waals surface area contributed by atoms with Crippen molar-refractivity contribution in [2.24, 2.45) is 0 Å². The average Bonchev–Trinajstić information content (AvgIpc) is 2.45. The summed E-state index contributed by atoms with van der Waals surface area (Å²) in [5.41, 5.74) is -4.65. The number of rotatable bonds is 4. The van der Waals surface area contributed by atoms with Crippen molar-refractivity contribution in [3.05, 3.63) is 24.3 Å². The molecule has 1 fully saturated rings. The Morgan fingerprint density at radius 2 is 1.86 bits per heavy atom. The van der Waals surface area contributed by atoms with E-state index >= 15 is 0 Å². The molecule has 1 atom stereocenters. The zero-order valence-corrected chi connectivity index (χ0v) is 13.3. The number of alkyl halides is 3. The van der Waals surface area contributed by atoms with Gasteiger partial charge in [-0.05, 0) is 24.3 Å². The highest BCUT2D eigenvalue weighted by molar-refractivity contribution is 8.06. The molecule has 1 aromatic rings. The molecule has 2 rings (SSSR count). The summed E-state index contributed by atoms with van der Waals surface area (Å²) in [6.45, 7) is 0.711. The fourth-order valence-corrected chi connectivity index (χ4v) is 5.15. The molecule has 1 saturated heterocycles. The Hall–Kier alpha value is -0.540. The van der Waals surface area contributed by atoms with Gasteiger partial charge in [-0.1, -0.05) is 0 Å². The van der Waals surface area contributed by atoms with Gasteiger partial charge in [-0.25, -0.2) is 8.42 Å². The Morgan fingerprint density at radius 3 is 2.38 bits per heavy atom. The Kier molecular flexibility index (Phi) is 5.37. The molecular weight excluding hydrogens is 343 g/mol. The summed E-state index contributed by atoms with van der Waals surface area (Å²) in [4.78, 5) is -0.733. The normalized spacial score (nSPS) is 20.2. The molecule has 1 aromatic carbocycles. The van der Waals surface area contributed by atoms with Crippen LogP contribution in [-0.2, 0) is 9.84 Å². The van der Waals surface area contributed by atoms with Gasteiger partial charge in [0.25, 0.3) is 9.84 Å². The molecule has 0 saturated carbocycles. The highest BCUT2D eigenvalue weighted by Gasteiger charge is 2.46. The lowest BCUT2D eigenvalue weighted by atomic mass is 10.3. The van der Waals surface area contributed by atoms with Gasteiger partial charge >= 0.3 is 5.51 Å². The molecule has 9 heteroatoms. The highest BCUT2D eigenvalue weighted by atomic mass is 32.2. The molecule has 0 radical (unpaired) electrons. The minimum absolute atomic E-state index is 0.460. The van der Waals surface area contributed by atoms with Crippen LogP contribution in [0.3, 0.4) is 0 Å². The second kappa shape index (κ2) is 6.70. The van der Waals surface area contributed by atoms with Crippen LogP contribution in [0.2, 0.25) is 0 Å². The van der Waals surface area contributed by atoms with Crippen molar-refractivity contribution in [1.82, 2.24) is 0 Å². The van der Waals surface area contributed by atoms with Crippen molar-refractivity contribution in [2.75, 3.05) is 29.1 Å². The Labute approximate surface area is 130 Å². The number of anilines is 1. The van der Waals surface area contributed by atoms with Crippen molar-refractivity contribution >= 4 is 39.0 Å². The monoisotopic (exact) mass is 357 g/mol. The molecule has 0 bridgehead atoms. The van der Waals surface area contributed by atoms with Crippen molar-refractivity contribution < 1.29 is 21.6 Å². The van der Waals surface area contributed by atoms with Gasteiger partial charge in [0.05, 0.1) is 4.90 Å². The van der Waals surface area contributed by atoms with E-state index in [2.05, 4.69) is 5.32 Å². The lowest BCUT2D eigenvalue weighted by molar-refractivity contribution is -0.0436. The Morgan fingerprint density at radius 1 is 1.19 bits per heavy atom. The van der Waals surface area contributed by atoms with E-state index < -0.39 is 20.2 Å². The van der Waals surface area contributed by atoms with Gasteiger partial charge in [0, 0.05) is 34.7 Å². The van der Waals surface area contributed by atoms with Crippen LogP contribution in [0.1, 0.15) is 0 Å². The first-order valence-electron chi connectivity index (χ1n) is 6.15. The van der Waals surface area contributed by atoms with Gasteiger partial charge in [-0.15, -0.1) is 0 Å². The molecular formula is C12H14F3NO2S3. The number of sulfone groups is 1. The third-order valence-electron chi connectivity index (χ3n) is 2.89. The molecule has 1 N–H and O–H groups in total. The summed E-state index contributed by atoms with van der Waals surface area (Å²) >= 11 is 3.75. The maximum Gasteiger partial charge on any atom is 0.501 e. The molecule has 0 aromatic heterocycles. The predicted molar refractivity (Wildman–Crippen MR) is 81.7 cm³/mol. The minimum atomic E-state index is -5.27. The fraction of sp³-hybridized carbons (Fsp3) is 0.500. The van der Waals surface area contributed by atoms with E-state index in [1.54, 1.807) is 0 Å². The first-order valence-corrected chi connectivity index (χ1v) is 9.84. The molecule has 0 spiro atoms. The van der Waals surface area contributed by atoms with Crippen molar-refractivity contribution in [1.29, 1.82) is 0 Å². The van der Waals surface area contributed by atoms with E-state index in [0.29, 0.717) is 17.5 Å². The maximum atomic E-state index is 12.4. The van der Waals surface area contributed by atoms with Crippen LogP contribution in [0.15, 0.2) is 29.2 Å². The van der Waals surface area contributed by atoms with Crippen LogP contribution in [0.4, 0.5) is 18.9 Å². The van der Waals surface area contributed by atoms with Crippen LogP contribution in [0.5, 0.6) is 0 Å². The second-order valence-electron chi connectivity index (χ2n) is 4.42. The second-order valence-corrected chi connectivity index (χ2v) is 8.92. The zero-order valence-electron chi connectivity index (χ0n) is 10.9. The number of halogens is 3. The fourth-order valence-electron chi connectivity index (χ4n) is 1.77. The molecule has 1 aliphatic heterocycles. The predicted octanol–water partition coefficient (Wildman–Crippen LogP) is 3.24. The average molecular weight is 357 g/mol. The van der Waals surface area contributed by atoms with Crippen LogP contribution < -0.4 is 5.32 Å². The molecule has 1 aliphatic rings. The van der Waals surface area contributed by atoms with Gasteiger partial charge in [0.1, 0.15) is 0 Å². The number of hydrogen-bond donors (Lipinski definition) is 1. The van der Waals surface area contributed by atoms with Crippen molar-refractivity contribution in [2.45, 2.75) is 15.7 Å². The summed E-state index contributed by atoms with van der Waals surface area (Å²) < 4.78 is 59.6. The van der Waals surface area contributed by atoms with Crippen LogP contribution in [0.25, 0.3) is 0 Å². The molecule has 3 nitrogen and oxygen atoms in total. The molecule has 1 unspecified atom stereocenters. The maximum absolute atomic E-state index is 12.4. The lowest BCUT2D eigenvalue weighted by Crippen LogP contribution is -2.24. The van der Waals surface area contributed by atoms with Gasteiger partial charge in [-0.3, -0.25) is 0 Å². The molecule has 21 heavy (non-hydrogen) atoms. The van der Waals surface area contributed by atoms with E-state index in [4.69, 9.17) is 0 Å². The summed E-state index contributed by atoms with van der Waals surface area (Å²) in [5.74, 6) is 3.28. The summed E-state index contributed by atoms with van der Waals surface area (Å²) in [6.07, 6.45) is 0. The highest BCUT2D eigenvalue weighted by Crippen LogP contribution is 2.31. The molecule has 118 valence electrons. The number of hydrogen-bond acceptors (Lipinski definition) is 5. The molecule has 0 aliphatic carbocycles. The first-order chi connectivity index (χ1) is 9.80. The van der Waals surface area contributed by atoms with Gasteiger partial charge in [-0.2, -0.15) is 36.7 Å². The largest absolute Gasteiger partial charge is 0.501 e. The van der Waals surface area contributed by atoms with Crippen molar-refractivity contribution in [3.63, 3.8) is 0 Å². The first kappa shape index (κ1) is 16.8. The summed E-state index contributed by atoms with van der Waals surface area (Å²) in [5, 5.41) is 3.58. The third-order valence-corrected chi connectivity index (χ3v) is 7.24. The Bertz CT molecular complexity index is 566. The van der Waals surface area contributed by atoms with Gasteiger partial charge < -0.3 is 5.32 Å². The number of benzene rings is 1. The van der Waals surface area contributed by atoms with E-state index in [-0.39, 0.29) is 0 Å². The van der Waals surface area contributed by atoms with E-state index in [1.807, 2.05) is 23.5 Å². The summed E-state index contributed by atoms with van der Waals surface area (Å²) in [7, 11) is -5.26. The van der Waals surface area contributed by atoms with Crippen molar-refractivity contribution in [3.8, 4) is 0 Å². The van der Waals surface area contributed by atoms with E-state index in [0.717, 1.165) is 29.4 Å². The number of thioether (sulfide) groups is 2. The van der Waals surface area contributed by atoms with E-state index in [1.165, 1.54) is 12.1 Å². The quantitative estimate of drug-likeness (QED) is 0.896. The lowest BCUT2D eigenvalue weighted by Gasteiger charge is -2.21. The van der Waals surface area contributed by atoms with Crippen LogP contribution in [-0.4, -0.2) is 43.0 Å². The summed E-state index contributed by atoms with van der Waals surface area (Å²) in [6, 6.07) is 4.68. The number of nitrogens with one attached hydrogen (secondary N) is 1. The third kappa shape index (κ3) is 4.23. The molecule has 1 heterocycles. The molecule has 0 amide bonds. The standard InChI is InChI=1S/C12H14F3NO2S3/c13-12(14,15)21(17,18)11-3-1-9(2-4-11)16-7-10-8-19-5-6-20-10/h1-4,10,16H,5-8H2.